The van der Waals surface area contributed by atoms with Gasteiger partial charge in [0, 0.05) is 60.7 Å². The van der Waals surface area contributed by atoms with Gasteiger partial charge in [-0.1, -0.05) is 0 Å². The third-order valence-electron chi connectivity index (χ3n) is 6.21. The molecule has 16 nitrogen and oxygen atoms in total. The molecule has 0 saturated carbocycles. The molecular formula is C31H24O16. The van der Waals surface area contributed by atoms with E-state index in [1.807, 2.05) is 0 Å². The maximum absolute atomic E-state index is 10.5. The number of ether oxygens (including phenoxy) is 5. The quantitative estimate of drug-likeness (QED) is 0.0921. The van der Waals surface area contributed by atoms with Crippen LogP contribution in [0, 0.1) is 0 Å². The number of phenols is 11. The topological polar surface area (TPSA) is 269 Å². The molecule has 47 heavy (non-hydrogen) atoms. The van der Waals surface area contributed by atoms with Gasteiger partial charge in [0.15, 0.2) is 57.5 Å². The van der Waals surface area contributed by atoms with E-state index in [0.29, 0.717) is 0 Å². The highest BCUT2D eigenvalue weighted by molar-refractivity contribution is 5.63. The van der Waals surface area contributed by atoms with Crippen molar-refractivity contribution in [1.82, 2.24) is 0 Å². The fourth-order valence-corrected chi connectivity index (χ4v) is 4.21. The highest BCUT2D eigenvalue weighted by atomic mass is 16.5. The van der Waals surface area contributed by atoms with Crippen molar-refractivity contribution in [3.63, 3.8) is 0 Å². The van der Waals surface area contributed by atoms with Gasteiger partial charge in [0.1, 0.15) is 28.7 Å². The predicted molar refractivity (Wildman–Crippen MR) is 157 cm³/mol. The average molecular weight is 653 g/mol. The van der Waals surface area contributed by atoms with Crippen LogP contribution in [-0.2, 0) is 0 Å². The van der Waals surface area contributed by atoms with Crippen LogP contribution in [0.25, 0.3) is 0 Å². The number of hydrogen-bond donors (Lipinski definition) is 11. The molecular weight excluding hydrogens is 628 g/mol. The first-order chi connectivity index (χ1) is 22.2. The second kappa shape index (κ2) is 12.1. The van der Waals surface area contributed by atoms with Crippen LogP contribution in [0.15, 0.2) is 60.7 Å². The lowest BCUT2D eigenvalue weighted by Crippen LogP contribution is -1.92. The van der Waals surface area contributed by atoms with Gasteiger partial charge in [-0.25, -0.2) is 0 Å². The maximum Gasteiger partial charge on any atom is 0.210 e. The van der Waals surface area contributed by atoms with Crippen LogP contribution in [-0.4, -0.2) is 63.3 Å². The van der Waals surface area contributed by atoms with Crippen molar-refractivity contribution in [3.8, 4) is 115 Å². The van der Waals surface area contributed by atoms with Gasteiger partial charge in [-0.3, -0.25) is 0 Å². The SMILES string of the molecule is COc1c(O)cc(Oc2c(O)cc(Oc3c(O)cc(Oc4c(O)cc(Oc5c(O)cc(O)cc5O)cc4O)cc3O)cc2O)cc1O. The molecule has 0 aliphatic heterocycles. The van der Waals surface area contributed by atoms with Crippen molar-refractivity contribution in [1.29, 1.82) is 0 Å². The molecule has 244 valence electrons. The van der Waals surface area contributed by atoms with Gasteiger partial charge in [-0.15, -0.1) is 0 Å². The van der Waals surface area contributed by atoms with Crippen LogP contribution in [0.2, 0.25) is 0 Å². The fourth-order valence-electron chi connectivity index (χ4n) is 4.21. The van der Waals surface area contributed by atoms with Crippen LogP contribution in [0.4, 0.5) is 0 Å². The molecule has 0 unspecified atom stereocenters. The molecule has 0 heterocycles. The Morgan fingerprint density at radius 2 is 0.489 bits per heavy atom. The number of phenolic OH excluding ortho intramolecular Hbond substituents is 11. The molecule has 0 fully saturated rings. The van der Waals surface area contributed by atoms with Crippen LogP contribution in [0.1, 0.15) is 0 Å². The Morgan fingerprint density at radius 3 is 0.702 bits per heavy atom. The molecule has 0 amide bonds. The predicted octanol–water partition coefficient (Wildman–Crippen LogP) is 5.63. The lowest BCUT2D eigenvalue weighted by Gasteiger charge is -2.16. The summed E-state index contributed by atoms with van der Waals surface area (Å²) in [4.78, 5) is 0. The van der Waals surface area contributed by atoms with E-state index in [4.69, 9.17) is 23.7 Å². The monoisotopic (exact) mass is 652 g/mol. The molecule has 5 aromatic carbocycles. The molecule has 0 saturated heterocycles. The summed E-state index contributed by atoms with van der Waals surface area (Å²) in [6.07, 6.45) is 0. The van der Waals surface area contributed by atoms with E-state index < -0.39 is 86.2 Å². The maximum atomic E-state index is 10.5. The Kier molecular flexibility index (Phi) is 8.08. The van der Waals surface area contributed by atoms with Crippen molar-refractivity contribution in [3.05, 3.63) is 60.7 Å². The minimum atomic E-state index is -0.722. The van der Waals surface area contributed by atoms with Crippen LogP contribution in [0.5, 0.6) is 115 Å². The summed E-state index contributed by atoms with van der Waals surface area (Å²) in [5.41, 5.74) is 0. The molecule has 0 radical (unpaired) electrons. The summed E-state index contributed by atoms with van der Waals surface area (Å²) in [7, 11) is 1.22. The van der Waals surface area contributed by atoms with E-state index >= 15 is 0 Å². The smallest absolute Gasteiger partial charge is 0.210 e. The number of methoxy groups -OCH3 is 1. The van der Waals surface area contributed by atoms with Gasteiger partial charge in [-0.2, -0.15) is 0 Å². The molecule has 0 spiro atoms. The molecule has 5 rings (SSSR count). The average Bonchev–Trinajstić information content (AvgIpc) is 2.96. The van der Waals surface area contributed by atoms with Crippen molar-refractivity contribution >= 4 is 0 Å². The zero-order valence-corrected chi connectivity index (χ0v) is 23.7. The largest absolute Gasteiger partial charge is 0.508 e. The lowest BCUT2D eigenvalue weighted by atomic mass is 10.2. The van der Waals surface area contributed by atoms with Crippen LogP contribution < -0.4 is 23.7 Å². The first kappa shape index (κ1) is 31.3. The molecule has 0 bridgehead atoms. The number of aromatic hydroxyl groups is 11. The minimum absolute atomic E-state index is 0.180. The molecule has 0 aliphatic carbocycles. The summed E-state index contributed by atoms with van der Waals surface area (Å²) in [6.45, 7) is 0. The number of rotatable bonds is 9. The van der Waals surface area contributed by atoms with Gasteiger partial charge in [0.05, 0.1) is 7.11 Å². The minimum Gasteiger partial charge on any atom is -0.508 e. The van der Waals surface area contributed by atoms with E-state index in [1.165, 1.54) is 7.11 Å². The van der Waals surface area contributed by atoms with E-state index in [2.05, 4.69) is 0 Å². The van der Waals surface area contributed by atoms with E-state index in [9.17, 15) is 56.2 Å². The number of hydrogen-bond acceptors (Lipinski definition) is 16. The Balaban J connectivity index is 1.34. The van der Waals surface area contributed by atoms with Gasteiger partial charge in [0.25, 0.3) is 0 Å². The van der Waals surface area contributed by atoms with E-state index in [1.54, 1.807) is 0 Å². The van der Waals surface area contributed by atoms with Crippen molar-refractivity contribution in [2.24, 2.45) is 0 Å². The lowest BCUT2D eigenvalue weighted by molar-refractivity contribution is 0.336. The highest BCUT2D eigenvalue weighted by Crippen LogP contribution is 2.51. The summed E-state index contributed by atoms with van der Waals surface area (Å²) < 4.78 is 26.3. The molecule has 5 aromatic rings. The van der Waals surface area contributed by atoms with Gasteiger partial charge in [-0.05, 0) is 0 Å². The molecule has 16 heteroatoms. The second-order valence-electron chi connectivity index (χ2n) is 9.59. The Hall–Kier alpha value is -7.10. The van der Waals surface area contributed by atoms with E-state index in [-0.39, 0.29) is 28.7 Å². The fraction of sp³-hybridized carbons (Fsp3) is 0.0323. The van der Waals surface area contributed by atoms with Crippen molar-refractivity contribution < 1.29 is 79.9 Å². The third kappa shape index (κ3) is 6.41. The standard InChI is InChI=1S/C31H24O16/c1-43-27-19(35)4-13(5-20(27)36)45-29-23(39)8-15(9-24(29)40)47-31-25(41)10-16(11-26(31)42)46-30-21(37)6-14(7-22(30)38)44-28-17(33)2-12(32)3-18(28)34/h2-11,32-42H,1H3. The molecule has 0 aromatic heterocycles. The molecule has 0 aliphatic rings. The first-order valence-corrected chi connectivity index (χ1v) is 13.0. The normalized spacial score (nSPS) is 10.7. The van der Waals surface area contributed by atoms with Crippen molar-refractivity contribution in [2.75, 3.05) is 7.11 Å². The van der Waals surface area contributed by atoms with E-state index in [0.717, 1.165) is 60.7 Å². The van der Waals surface area contributed by atoms with Gasteiger partial charge in [0.2, 0.25) is 28.7 Å². The summed E-state index contributed by atoms with van der Waals surface area (Å²) in [5.74, 6) is -10.2. The summed E-state index contributed by atoms with van der Waals surface area (Å²) in [6, 6.07) is 9.56. The number of benzene rings is 5. The second-order valence-corrected chi connectivity index (χ2v) is 9.59. The summed E-state index contributed by atoms with van der Waals surface area (Å²) in [5, 5.41) is 112. The molecule has 11 N–H and O–H groups in total. The molecule has 0 atom stereocenters. The van der Waals surface area contributed by atoms with Crippen LogP contribution in [0.3, 0.4) is 0 Å². The Morgan fingerprint density at radius 1 is 0.298 bits per heavy atom. The first-order valence-electron chi connectivity index (χ1n) is 13.0. The Bertz CT molecular complexity index is 1890. The zero-order chi connectivity index (χ0) is 34.2. The third-order valence-corrected chi connectivity index (χ3v) is 6.21. The van der Waals surface area contributed by atoms with Gasteiger partial charge >= 0.3 is 0 Å². The zero-order valence-electron chi connectivity index (χ0n) is 23.7. The van der Waals surface area contributed by atoms with Crippen LogP contribution >= 0.6 is 0 Å². The van der Waals surface area contributed by atoms with Gasteiger partial charge < -0.3 is 79.9 Å². The highest BCUT2D eigenvalue weighted by Gasteiger charge is 2.22. The van der Waals surface area contributed by atoms with Crippen molar-refractivity contribution in [2.45, 2.75) is 0 Å². The summed E-state index contributed by atoms with van der Waals surface area (Å²) >= 11 is 0. The Labute approximate surface area is 262 Å².